The summed E-state index contributed by atoms with van der Waals surface area (Å²) < 4.78 is 0. The molecule has 0 amide bonds. The molecule has 0 fully saturated rings. The van der Waals surface area contributed by atoms with Crippen molar-refractivity contribution >= 4 is 5.69 Å². The highest BCUT2D eigenvalue weighted by atomic mass is 15.1. The average Bonchev–Trinajstić information content (AvgIpc) is 2.28. The van der Waals surface area contributed by atoms with Crippen molar-refractivity contribution in [1.29, 1.82) is 0 Å². The van der Waals surface area contributed by atoms with Crippen molar-refractivity contribution in [3.63, 3.8) is 0 Å². The summed E-state index contributed by atoms with van der Waals surface area (Å²) in [6.45, 7) is 5.70. The van der Waals surface area contributed by atoms with Gasteiger partial charge in [0.05, 0.1) is 0 Å². The monoisotopic (exact) mass is 216 g/mol. The van der Waals surface area contributed by atoms with Crippen molar-refractivity contribution in [2.75, 3.05) is 25.4 Å². The lowest BCUT2D eigenvalue weighted by atomic mass is 10.1. The lowest BCUT2D eigenvalue weighted by Gasteiger charge is -2.25. The van der Waals surface area contributed by atoms with E-state index in [0.29, 0.717) is 0 Å². The fourth-order valence-electron chi connectivity index (χ4n) is 2.15. The molecule has 0 saturated carbocycles. The lowest BCUT2D eigenvalue weighted by Crippen LogP contribution is -2.31. The molecule has 1 aliphatic heterocycles. The number of hydrogen-bond donors (Lipinski definition) is 1. The summed E-state index contributed by atoms with van der Waals surface area (Å²) in [6, 6.07) is 8.22. The predicted octanol–water partition coefficient (Wildman–Crippen LogP) is 2.46. The quantitative estimate of drug-likeness (QED) is 0.621. The Morgan fingerprint density at radius 3 is 2.69 bits per heavy atom. The highest BCUT2D eigenvalue weighted by molar-refractivity contribution is 5.39. The van der Waals surface area contributed by atoms with Gasteiger partial charge in [0.2, 0.25) is 0 Å². The van der Waals surface area contributed by atoms with Gasteiger partial charge in [-0.05, 0) is 37.5 Å². The molecule has 1 heterocycles. The van der Waals surface area contributed by atoms with Crippen molar-refractivity contribution in [3.8, 4) is 0 Å². The van der Waals surface area contributed by atoms with Gasteiger partial charge >= 0.3 is 0 Å². The van der Waals surface area contributed by atoms with Gasteiger partial charge in [0.1, 0.15) is 0 Å². The maximum atomic E-state index is 5.67. The number of benzene rings is 1. The SMILES string of the molecule is CC1=CCCN(CCc2ccc(N)cc2)C1. The molecule has 0 saturated heterocycles. The zero-order valence-corrected chi connectivity index (χ0v) is 9.95. The molecule has 1 aliphatic rings. The molecule has 1 aromatic carbocycles. The molecule has 0 aliphatic carbocycles. The minimum absolute atomic E-state index is 0.848. The van der Waals surface area contributed by atoms with E-state index in [4.69, 9.17) is 5.73 Å². The first-order valence-electron chi connectivity index (χ1n) is 5.96. The van der Waals surface area contributed by atoms with E-state index in [2.05, 4.69) is 30.0 Å². The first-order chi connectivity index (χ1) is 7.74. The first-order valence-corrected chi connectivity index (χ1v) is 5.96. The van der Waals surface area contributed by atoms with Crippen LogP contribution in [0.5, 0.6) is 0 Å². The third-order valence-corrected chi connectivity index (χ3v) is 3.11. The largest absolute Gasteiger partial charge is 0.399 e. The fourth-order valence-corrected chi connectivity index (χ4v) is 2.15. The molecule has 0 spiro atoms. The first kappa shape index (κ1) is 11.2. The average molecular weight is 216 g/mol. The molecule has 2 heteroatoms. The maximum Gasteiger partial charge on any atom is 0.0314 e. The van der Waals surface area contributed by atoms with E-state index in [9.17, 15) is 0 Å². The van der Waals surface area contributed by atoms with E-state index in [-0.39, 0.29) is 0 Å². The van der Waals surface area contributed by atoms with Crippen LogP contribution in [0.4, 0.5) is 5.69 Å². The minimum atomic E-state index is 0.848. The molecule has 86 valence electrons. The van der Waals surface area contributed by atoms with Crippen molar-refractivity contribution < 1.29 is 0 Å². The van der Waals surface area contributed by atoms with Crippen LogP contribution >= 0.6 is 0 Å². The Kier molecular flexibility index (Phi) is 3.62. The molecule has 16 heavy (non-hydrogen) atoms. The highest BCUT2D eigenvalue weighted by Crippen LogP contribution is 2.11. The second kappa shape index (κ2) is 5.17. The molecule has 2 nitrogen and oxygen atoms in total. The van der Waals surface area contributed by atoms with Crippen LogP contribution in [-0.2, 0) is 6.42 Å². The zero-order valence-electron chi connectivity index (χ0n) is 9.95. The summed E-state index contributed by atoms with van der Waals surface area (Å²) in [4.78, 5) is 2.52. The van der Waals surface area contributed by atoms with Crippen molar-refractivity contribution in [1.82, 2.24) is 4.90 Å². The molecule has 2 rings (SSSR count). The fraction of sp³-hybridized carbons (Fsp3) is 0.429. The van der Waals surface area contributed by atoms with Gasteiger partial charge in [-0.1, -0.05) is 23.8 Å². The maximum absolute atomic E-state index is 5.67. The van der Waals surface area contributed by atoms with Gasteiger partial charge in [-0.15, -0.1) is 0 Å². The van der Waals surface area contributed by atoms with Crippen molar-refractivity contribution in [2.24, 2.45) is 0 Å². The topological polar surface area (TPSA) is 29.3 Å². The van der Waals surface area contributed by atoms with Crippen LogP contribution < -0.4 is 5.73 Å². The number of nitrogens with zero attached hydrogens (tertiary/aromatic N) is 1. The van der Waals surface area contributed by atoms with Gasteiger partial charge in [0.15, 0.2) is 0 Å². The van der Waals surface area contributed by atoms with Crippen molar-refractivity contribution in [3.05, 3.63) is 41.5 Å². The zero-order chi connectivity index (χ0) is 11.4. The third kappa shape index (κ3) is 3.11. The minimum Gasteiger partial charge on any atom is -0.399 e. The predicted molar refractivity (Wildman–Crippen MR) is 69.4 cm³/mol. The van der Waals surface area contributed by atoms with Gasteiger partial charge < -0.3 is 5.73 Å². The summed E-state index contributed by atoms with van der Waals surface area (Å²) in [5.41, 5.74) is 9.39. The highest BCUT2D eigenvalue weighted by Gasteiger charge is 2.09. The molecule has 2 N–H and O–H groups in total. The van der Waals surface area contributed by atoms with E-state index >= 15 is 0 Å². The van der Waals surface area contributed by atoms with E-state index < -0.39 is 0 Å². The van der Waals surface area contributed by atoms with Crippen LogP contribution in [0.1, 0.15) is 18.9 Å². The van der Waals surface area contributed by atoms with Crippen molar-refractivity contribution in [2.45, 2.75) is 19.8 Å². The normalized spacial score (nSPS) is 17.2. The van der Waals surface area contributed by atoms with Crippen LogP contribution in [0, 0.1) is 0 Å². The van der Waals surface area contributed by atoms with Crippen LogP contribution in [0.25, 0.3) is 0 Å². The summed E-state index contributed by atoms with van der Waals surface area (Å²) >= 11 is 0. The summed E-state index contributed by atoms with van der Waals surface area (Å²) in [6.07, 6.45) is 4.67. The Morgan fingerprint density at radius 2 is 2.00 bits per heavy atom. The standard InChI is InChI=1S/C14H20N2/c1-12-3-2-9-16(11-12)10-8-13-4-6-14(15)7-5-13/h3-7H,2,8-11,15H2,1H3. The number of hydrogen-bond acceptors (Lipinski definition) is 2. The van der Waals surface area contributed by atoms with E-state index in [0.717, 1.165) is 25.2 Å². The number of nitrogens with two attached hydrogens (primary N) is 1. The van der Waals surface area contributed by atoms with Crippen LogP contribution in [0.15, 0.2) is 35.9 Å². The van der Waals surface area contributed by atoms with Crippen LogP contribution in [0.3, 0.4) is 0 Å². The van der Waals surface area contributed by atoms with Gasteiger partial charge in [0, 0.05) is 25.3 Å². The van der Waals surface area contributed by atoms with E-state index in [1.807, 2.05) is 12.1 Å². The Bertz CT molecular complexity index is 365. The molecular formula is C14H20N2. The Balaban J connectivity index is 1.83. The number of anilines is 1. The Labute approximate surface area is 97.8 Å². The second-order valence-electron chi connectivity index (χ2n) is 4.61. The molecule has 0 radical (unpaired) electrons. The van der Waals surface area contributed by atoms with Gasteiger partial charge in [-0.3, -0.25) is 4.90 Å². The second-order valence-corrected chi connectivity index (χ2v) is 4.61. The summed E-state index contributed by atoms with van der Waals surface area (Å²) in [7, 11) is 0. The number of rotatable bonds is 3. The van der Waals surface area contributed by atoms with Gasteiger partial charge in [-0.25, -0.2) is 0 Å². The smallest absolute Gasteiger partial charge is 0.0314 e. The molecule has 0 unspecified atom stereocenters. The Hall–Kier alpha value is -1.28. The van der Waals surface area contributed by atoms with Gasteiger partial charge in [0.25, 0.3) is 0 Å². The number of nitrogen functional groups attached to an aromatic ring is 1. The summed E-state index contributed by atoms with van der Waals surface area (Å²) in [5, 5.41) is 0. The van der Waals surface area contributed by atoms with E-state index in [1.165, 1.54) is 24.1 Å². The molecular weight excluding hydrogens is 196 g/mol. The molecule has 0 aromatic heterocycles. The summed E-state index contributed by atoms with van der Waals surface area (Å²) in [5.74, 6) is 0. The van der Waals surface area contributed by atoms with E-state index in [1.54, 1.807) is 0 Å². The molecule has 0 bridgehead atoms. The van der Waals surface area contributed by atoms with Crippen LogP contribution in [-0.4, -0.2) is 24.5 Å². The Morgan fingerprint density at radius 1 is 1.25 bits per heavy atom. The lowest BCUT2D eigenvalue weighted by molar-refractivity contribution is 0.294. The van der Waals surface area contributed by atoms with Gasteiger partial charge in [-0.2, -0.15) is 0 Å². The van der Waals surface area contributed by atoms with Crippen LogP contribution in [0.2, 0.25) is 0 Å². The molecule has 1 aromatic rings. The molecule has 0 atom stereocenters. The third-order valence-electron chi connectivity index (χ3n) is 3.11.